The van der Waals surface area contributed by atoms with Crippen LogP contribution >= 0.6 is 23.4 Å². The number of halogens is 1. The van der Waals surface area contributed by atoms with E-state index in [9.17, 15) is 4.79 Å². The summed E-state index contributed by atoms with van der Waals surface area (Å²) in [6, 6.07) is 15.0. The second-order valence-corrected chi connectivity index (χ2v) is 6.09. The smallest absolute Gasteiger partial charge is 0.258 e. The number of nitrogens with one attached hydrogen (secondary N) is 1. The highest BCUT2D eigenvalue weighted by molar-refractivity contribution is 7.98. The number of anilines is 1. The summed E-state index contributed by atoms with van der Waals surface area (Å²) in [6.07, 6.45) is 5.22. The second-order valence-electron chi connectivity index (χ2n) is 4.80. The molecule has 0 bridgehead atoms. The Kier molecular flexibility index (Phi) is 4.69. The van der Waals surface area contributed by atoms with Crippen LogP contribution in [0, 0.1) is 0 Å². The van der Waals surface area contributed by atoms with E-state index in [1.165, 1.54) is 0 Å². The monoisotopic (exact) mass is 343 g/mol. The molecule has 1 N–H and O–H groups in total. The van der Waals surface area contributed by atoms with Crippen molar-refractivity contribution in [2.75, 3.05) is 11.6 Å². The summed E-state index contributed by atoms with van der Waals surface area (Å²) >= 11 is 7.47. The van der Waals surface area contributed by atoms with E-state index in [2.05, 4.69) is 10.4 Å². The SMILES string of the molecule is CSc1ccccc1NC(=O)c1cnn(-c2ccc(Cl)cc2)c1. The average molecular weight is 344 g/mol. The van der Waals surface area contributed by atoms with Gasteiger partial charge in [0.15, 0.2) is 0 Å². The van der Waals surface area contributed by atoms with Crippen molar-refractivity contribution in [3.8, 4) is 5.69 Å². The highest BCUT2D eigenvalue weighted by atomic mass is 35.5. The number of rotatable bonds is 4. The van der Waals surface area contributed by atoms with Crippen molar-refractivity contribution < 1.29 is 4.79 Å². The first kappa shape index (κ1) is 15.6. The zero-order valence-corrected chi connectivity index (χ0v) is 13.9. The molecule has 0 spiro atoms. The van der Waals surface area contributed by atoms with Crippen molar-refractivity contribution in [1.29, 1.82) is 0 Å². The first-order valence-corrected chi connectivity index (χ1v) is 8.52. The van der Waals surface area contributed by atoms with Gasteiger partial charge in [0.05, 0.1) is 23.1 Å². The summed E-state index contributed by atoms with van der Waals surface area (Å²) in [5.74, 6) is -0.188. The van der Waals surface area contributed by atoms with E-state index >= 15 is 0 Å². The molecule has 1 aromatic heterocycles. The van der Waals surface area contributed by atoms with Crippen LogP contribution in [0.3, 0.4) is 0 Å². The molecule has 0 atom stereocenters. The first-order chi connectivity index (χ1) is 11.2. The fraction of sp³-hybridized carbons (Fsp3) is 0.0588. The molecule has 0 fully saturated rings. The lowest BCUT2D eigenvalue weighted by atomic mass is 10.3. The van der Waals surface area contributed by atoms with Gasteiger partial charge < -0.3 is 5.32 Å². The van der Waals surface area contributed by atoms with Crippen molar-refractivity contribution in [3.63, 3.8) is 0 Å². The van der Waals surface area contributed by atoms with Crippen molar-refractivity contribution in [3.05, 3.63) is 71.5 Å². The van der Waals surface area contributed by atoms with Gasteiger partial charge in [-0.1, -0.05) is 23.7 Å². The number of amides is 1. The minimum Gasteiger partial charge on any atom is -0.321 e. The summed E-state index contributed by atoms with van der Waals surface area (Å²) in [6.45, 7) is 0. The van der Waals surface area contributed by atoms with Gasteiger partial charge in [0.25, 0.3) is 5.91 Å². The highest BCUT2D eigenvalue weighted by Gasteiger charge is 2.11. The van der Waals surface area contributed by atoms with Crippen LogP contribution < -0.4 is 5.32 Å². The predicted octanol–water partition coefficient (Wildman–Crippen LogP) is 4.50. The molecule has 4 nitrogen and oxygen atoms in total. The van der Waals surface area contributed by atoms with Gasteiger partial charge in [-0.15, -0.1) is 11.8 Å². The number of hydrogen-bond acceptors (Lipinski definition) is 3. The van der Waals surface area contributed by atoms with E-state index in [0.29, 0.717) is 10.6 Å². The lowest BCUT2D eigenvalue weighted by Gasteiger charge is -2.07. The maximum Gasteiger partial charge on any atom is 0.258 e. The van der Waals surface area contributed by atoms with Gasteiger partial charge >= 0.3 is 0 Å². The topological polar surface area (TPSA) is 46.9 Å². The summed E-state index contributed by atoms with van der Waals surface area (Å²) in [4.78, 5) is 13.4. The van der Waals surface area contributed by atoms with Crippen LogP contribution in [-0.2, 0) is 0 Å². The van der Waals surface area contributed by atoms with Crippen molar-refractivity contribution in [2.45, 2.75) is 4.90 Å². The summed E-state index contributed by atoms with van der Waals surface area (Å²) < 4.78 is 1.64. The van der Waals surface area contributed by atoms with Crippen LogP contribution in [0.1, 0.15) is 10.4 Å². The maximum absolute atomic E-state index is 12.4. The summed E-state index contributed by atoms with van der Waals surface area (Å²) in [7, 11) is 0. The molecule has 3 aromatic rings. The zero-order chi connectivity index (χ0) is 16.2. The highest BCUT2D eigenvalue weighted by Crippen LogP contribution is 2.25. The molecule has 23 heavy (non-hydrogen) atoms. The number of carbonyl (C=O) groups excluding carboxylic acids is 1. The molecule has 0 radical (unpaired) electrons. The van der Waals surface area contributed by atoms with E-state index in [0.717, 1.165) is 16.3 Å². The molecule has 0 saturated heterocycles. The lowest BCUT2D eigenvalue weighted by molar-refractivity contribution is 0.102. The Labute approximate surface area is 143 Å². The third-order valence-corrected chi connectivity index (χ3v) is 4.34. The molecule has 6 heteroatoms. The summed E-state index contributed by atoms with van der Waals surface area (Å²) in [5.41, 5.74) is 2.14. The minimum absolute atomic E-state index is 0.188. The van der Waals surface area contributed by atoms with E-state index in [4.69, 9.17) is 11.6 Å². The van der Waals surface area contributed by atoms with Crippen LogP contribution in [-0.4, -0.2) is 21.9 Å². The molecule has 0 saturated carbocycles. The molecule has 1 heterocycles. The molecule has 1 amide bonds. The van der Waals surface area contributed by atoms with Gasteiger partial charge in [0, 0.05) is 16.1 Å². The van der Waals surface area contributed by atoms with E-state index < -0.39 is 0 Å². The van der Waals surface area contributed by atoms with E-state index in [1.807, 2.05) is 42.7 Å². The number of aromatic nitrogens is 2. The number of thioether (sulfide) groups is 1. The Hall–Kier alpha value is -2.24. The van der Waals surface area contributed by atoms with Crippen LogP contribution in [0.2, 0.25) is 5.02 Å². The Balaban J connectivity index is 1.80. The number of nitrogens with zero attached hydrogens (tertiary/aromatic N) is 2. The van der Waals surface area contributed by atoms with Gasteiger partial charge in [-0.3, -0.25) is 4.79 Å². The third kappa shape index (κ3) is 3.57. The maximum atomic E-state index is 12.4. The second kappa shape index (κ2) is 6.89. The third-order valence-electron chi connectivity index (χ3n) is 3.29. The molecule has 2 aromatic carbocycles. The number of carbonyl (C=O) groups is 1. The molecular weight excluding hydrogens is 330 g/mol. The fourth-order valence-electron chi connectivity index (χ4n) is 2.12. The fourth-order valence-corrected chi connectivity index (χ4v) is 2.80. The predicted molar refractivity (Wildman–Crippen MR) is 94.8 cm³/mol. The Morgan fingerprint density at radius 2 is 1.91 bits per heavy atom. The quantitative estimate of drug-likeness (QED) is 0.709. The standard InChI is InChI=1S/C17H14ClN3OS/c1-23-16-5-3-2-4-15(16)20-17(22)12-10-19-21(11-12)14-8-6-13(18)7-9-14/h2-11H,1H3,(H,20,22). The molecule has 0 unspecified atom stereocenters. The molecule has 0 aliphatic rings. The minimum atomic E-state index is -0.188. The Morgan fingerprint density at radius 1 is 1.17 bits per heavy atom. The van der Waals surface area contributed by atoms with Gasteiger partial charge in [-0.05, 0) is 42.7 Å². The van der Waals surface area contributed by atoms with Crippen LogP contribution in [0.4, 0.5) is 5.69 Å². The van der Waals surface area contributed by atoms with Crippen LogP contribution in [0.5, 0.6) is 0 Å². The van der Waals surface area contributed by atoms with Crippen LogP contribution in [0.25, 0.3) is 5.69 Å². The lowest BCUT2D eigenvalue weighted by Crippen LogP contribution is -2.11. The summed E-state index contributed by atoms with van der Waals surface area (Å²) in [5, 5.41) is 7.81. The molecule has 116 valence electrons. The normalized spacial score (nSPS) is 10.5. The van der Waals surface area contributed by atoms with Gasteiger partial charge in [0.1, 0.15) is 0 Å². The largest absolute Gasteiger partial charge is 0.321 e. The van der Waals surface area contributed by atoms with Crippen molar-refractivity contribution >= 4 is 35.0 Å². The molecule has 3 rings (SSSR count). The van der Waals surface area contributed by atoms with Crippen molar-refractivity contribution in [2.24, 2.45) is 0 Å². The zero-order valence-electron chi connectivity index (χ0n) is 12.4. The van der Waals surface area contributed by atoms with Gasteiger partial charge in [-0.2, -0.15) is 5.10 Å². The van der Waals surface area contributed by atoms with E-state index in [1.54, 1.807) is 41.0 Å². The molecular formula is C17H14ClN3OS. The number of hydrogen-bond donors (Lipinski definition) is 1. The van der Waals surface area contributed by atoms with Crippen LogP contribution in [0.15, 0.2) is 65.8 Å². The Bertz CT molecular complexity index is 830. The van der Waals surface area contributed by atoms with Gasteiger partial charge in [0.2, 0.25) is 0 Å². The Morgan fingerprint density at radius 3 is 2.65 bits per heavy atom. The first-order valence-electron chi connectivity index (χ1n) is 6.92. The van der Waals surface area contributed by atoms with E-state index in [-0.39, 0.29) is 5.91 Å². The van der Waals surface area contributed by atoms with Gasteiger partial charge in [-0.25, -0.2) is 4.68 Å². The molecule has 0 aliphatic heterocycles. The average Bonchev–Trinajstić information content (AvgIpc) is 3.06. The van der Waals surface area contributed by atoms with Crippen molar-refractivity contribution in [1.82, 2.24) is 9.78 Å². The number of benzene rings is 2. The number of para-hydroxylation sites is 1. The molecule has 0 aliphatic carbocycles.